The van der Waals surface area contributed by atoms with Gasteiger partial charge in [0.1, 0.15) is 0 Å². The van der Waals surface area contributed by atoms with Gasteiger partial charge in [-0.1, -0.05) is 0 Å². The minimum Gasteiger partial charge on any atom is -0.376 e. The molecule has 21 heavy (non-hydrogen) atoms. The molecule has 0 spiro atoms. The fourth-order valence-electron chi connectivity index (χ4n) is 2.35. The Kier molecular flexibility index (Phi) is 7.65. The first-order valence-electron chi connectivity index (χ1n) is 7.14. The molecule has 0 saturated carbocycles. The molecule has 0 aromatic heterocycles. The van der Waals surface area contributed by atoms with Gasteiger partial charge in [0.15, 0.2) is 5.96 Å². The number of nitrogens with zero attached hydrogens (tertiary/aromatic N) is 2. The van der Waals surface area contributed by atoms with Crippen LogP contribution < -0.4 is 11.1 Å². The molecule has 2 rings (SSSR count). The van der Waals surface area contributed by atoms with E-state index in [4.69, 9.17) is 10.5 Å². The van der Waals surface area contributed by atoms with Crippen molar-refractivity contribution in [2.45, 2.75) is 25.9 Å². The Labute approximate surface area is 143 Å². The second-order valence-electron chi connectivity index (χ2n) is 5.33. The lowest BCUT2D eigenvalue weighted by atomic mass is 10.0. The highest BCUT2D eigenvalue weighted by molar-refractivity contribution is 14.0. The average molecular weight is 432 g/mol. The topological polar surface area (TPSA) is 97.0 Å². The van der Waals surface area contributed by atoms with Crippen molar-refractivity contribution >= 4 is 40.0 Å². The van der Waals surface area contributed by atoms with Crippen LogP contribution >= 0.6 is 24.0 Å². The summed E-state index contributed by atoms with van der Waals surface area (Å²) in [5.41, 5.74) is 5.78. The summed E-state index contributed by atoms with van der Waals surface area (Å²) in [7, 11) is -3.03. The second-order valence-corrected chi connectivity index (χ2v) is 7.58. The van der Waals surface area contributed by atoms with Crippen molar-refractivity contribution in [1.82, 2.24) is 9.62 Å². The lowest BCUT2D eigenvalue weighted by Crippen LogP contribution is -2.51. The van der Waals surface area contributed by atoms with Crippen molar-refractivity contribution in [3.63, 3.8) is 0 Å². The summed E-state index contributed by atoms with van der Waals surface area (Å²) in [4.78, 5) is 4.26. The summed E-state index contributed by atoms with van der Waals surface area (Å²) >= 11 is 0. The first-order valence-corrected chi connectivity index (χ1v) is 8.75. The maximum atomic E-state index is 11.6. The summed E-state index contributed by atoms with van der Waals surface area (Å²) in [6.45, 7) is 4.86. The molecule has 2 heterocycles. The molecule has 0 aromatic rings. The highest BCUT2D eigenvalue weighted by atomic mass is 127. The van der Waals surface area contributed by atoms with E-state index in [-0.39, 0.29) is 41.8 Å². The minimum absolute atomic E-state index is 0. The molecule has 1 unspecified atom stereocenters. The third kappa shape index (κ3) is 5.53. The molecule has 2 saturated heterocycles. The molecule has 2 aliphatic rings. The molecule has 2 aliphatic heterocycles. The molecule has 7 nitrogen and oxygen atoms in total. The Morgan fingerprint density at radius 2 is 2.19 bits per heavy atom. The van der Waals surface area contributed by atoms with Crippen LogP contribution in [0.2, 0.25) is 0 Å². The Balaban J connectivity index is 0.00000220. The molecule has 124 valence electrons. The zero-order chi connectivity index (χ0) is 14.6. The van der Waals surface area contributed by atoms with Crippen molar-refractivity contribution in [1.29, 1.82) is 0 Å². The molecule has 0 bridgehead atoms. The molecular formula is C12H25IN4O3S. The van der Waals surface area contributed by atoms with E-state index in [2.05, 4.69) is 10.3 Å². The van der Waals surface area contributed by atoms with Crippen LogP contribution in [0.3, 0.4) is 0 Å². The van der Waals surface area contributed by atoms with Gasteiger partial charge in [0.2, 0.25) is 10.0 Å². The van der Waals surface area contributed by atoms with Gasteiger partial charge < -0.3 is 15.8 Å². The third-order valence-electron chi connectivity index (χ3n) is 3.74. The molecule has 0 aliphatic carbocycles. The van der Waals surface area contributed by atoms with Crippen molar-refractivity contribution in [2.75, 3.05) is 38.5 Å². The summed E-state index contributed by atoms with van der Waals surface area (Å²) in [5, 5.41) is 3.05. The molecule has 0 aromatic carbocycles. The van der Waals surface area contributed by atoms with Gasteiger partial charge in [0, 0.05) is 38.7 Å². The van der Waals surface area contributed by atoms with Crippen LogP contribution in [-0.2, 0) is 14.8 Å². The van der Waals surface area contributed by atoms with Crippen molar-refractivity contribution in [3.8, 4) is 0 Å². The average Bonchev–Trinajstić information content (AvgIpc) is 2.87. The van der Waals surface area contributed by atoms with Crippen LogP contribution in [0.15, 0.2) is 4.99 Å². The SMILES string of the molecule is CCS(=O)(=O)N1CC(CN=C(N)NCC2CCCO2)C1.I. The molecule has 3 N–H and O–H groups in total. The predicted molar refractivity (Wildman–Crippen MR) is 93.4 cm³/mol. The number of guanidine groups is 1. The molecular weight excluding hydrogens is 407 g/mol. The molecule has 0 radical (unpaired) electrons. The van der Waals surface area contributed by atoms with E-state index in [1.807, 2.05) is 0 Å². The van der Waals surface area contributed by atoms with E-state index in [1.54, 1.807) is 6.92 Å². The predicted octanol–water partition coefficient (Wildman–Crippen LogP) is -0.0308. The number of nitrogens with two attached hydrogens (primary N) is 1. The van der Waals surface area contributed by atoms with Crippen molar-refractivity contribution in [3.05, 3.63) is 0 Å². The zero-order valence-electron chi connectivity index (χ0n) is 12.3. The summed E-state index contributed by atoms with van der Waals surface area (Å²) < 4.78 is 30.1. The maximum Gasteiger partial charge on any atom is 0.213 e. The standard InChI is InChI=1S/C12H24N4O3S.HI/c1-2-20(17,18)16-8-10(9-16)6-14-12(13)15-7-11-4-3-5-19-11;/h10-11H,2-9H2,1H3,(H3,13,14,15);1H. The van der Waals surface area contributed by atoms with Gasteiger partial charge in [-0.05, 0) is 19.8 Å². The lowest BCUT2D eigenvalue weighted by molar-refractivity contribution is 0.114. The largest absolute Gasteiger partial charge is 0.376 e. The van der Waals surface area contributed by atoms with E-state index in [0.29, 0.717) is 32.1 Å². The lowest BCUT2D eigenvalue weighted by Gasteiger charge is -2.37. The molecule has 1 atom stereocenters. The Bertz CT molecular complexity index is 445. The molecule has 2 fully saturated rings. The Morgan fingerprint density at radius 3 is 2.76 bits per heavy atom. The maximum absolute atomic E-state index is 11.6. The quantitative estimate of drug-likeness (QED) is 0.349. The van der Waals surface area contributed by atoms with E-state index >= 15 is 0 Å². The fourth-order valence-corrected chi connectivity index (χ4v) is 3.60. The first-order chi connectivity index (χ1) is 9.51. The number of nitrogens with one attached hydrogen (secondary N) is 1. The highest BCUT2D eigenvalue weighted by Crippen LogP contribution is 2.19. The van der Waals surface area contributed by atoms with Crippen LogP contribution in [0, 0.1) is 5.92 Å². The Morgan fingerprint density at radius 1 is 1.48 bits per heavy atom. The number of sulfonamides is 1. The molecule has 0 amide bonds. The smallest absolute Gasteiger partial charge is 0.213 e. The van der Waals surface area contributed by atoms with Crippen LogP contribution in [0.5, 0.6) is 0 Å². The monoisotopic (exact) mass is 432 g/mol. The van der Waals surface area contributed by atoms with Crippen molar-refractivity contribution < 1.29 is 13.2 Å². The molecule has 9 heteroatoms. The summed E-state index contributed by atoms with van der Waals surface area (Å²) in [6.07, 6.45) is 2.40. The number of rotatable bonds is 6. The van der Waals surface area contributed by atoms with E-state index in [0.717, 1.165) is 19.4 Å². The first kappa shape index (κ1) is 18.9. The number of hydrogen-bond donors (Lipinski definition) is 2. The second kappa shape index (κ2) is 8.49. The van der Waals surface area contributed by atoms with E-state index in [9.17, 15) is 8.42 Å². The highest BCUT2D eigenvalue weighted by Gasteiger charge is 2.34. The van der Waals surface area contributed by atoms with Crippen LogP contribution in [0.1, 0.15) is 19.8 Å². The normalized spacial score (nSPS) is 24.4. The third-order valence-corrected chi connectivity index (χ3v) is 5.55. The number of ether oxygens (including phenoxy) is 1. The minimum atomic E-state index is -3.03. The van der Waals surface area contributed by atoms with Gasteiger partial charge in [-0.15, -0.1) is 24.0 Å². The van der Waals surface area contributed by atoms with Gasteiger partial charge in [-0.3, -0.25) is 4.99 Å². The van der Waals surface area contributed by atoms with E-state index in [1.165, 1.54) is 4.31 Å². The van der Waals surface area contributed by atoms with Gasteiger partial charge in [-0.25, -0.2) is 12.7 Å². The number of aliphatic imine (C=N–C) groups is 1. The fraction of sp³-hybridized carbons (Fsp3) is 0.917. The van der Waals surface area contributed by atoms with Gasteiger partial charge in [0.05, 0.1) is 11.9 Å². The Hall–Kier alpha value is -0.130. The summed E-state index contributed by atoms with van der Waals surface area (Å²) in [6, 6.07) is 0. The van der Waals surface area contributed by atoms with Gasteiger partial charge in [-0.2, -0.15) is 0 Å². The van der Waals surface area contributed by atoms with E-state index < -0.39 is 10.0 Å². The van der Waals surface area contributed by atoms with Gasteiger partial charge in [0.25, 0.3) is 0 Å². The number of hydrogen-bond acceptors (Lipinski definition) is 4. The zero-order valence-corrected chi connectivity index (χ0v) is 15.5. The number of halogens is 1. The van der Waals surface area contributed by atoms with Crippen LogP contribution in [0.25, 0.3) is 0 Å². The summed E-state index contributed by atoms with van der Waals surface area (Å²) in [5.74, 6) is 0.852. The van der Waals surface area contributed by atoms with Crippen molar-refractivity contribution in [2.24, 2.45) is 16.6 Å². The van der Waals surface area contributed by atoms with Crippen LogP contribution in [0.4, 0.5) is 0 Å². The van der Waals surface area contributed by atoms with Crippen LogP contribution in [-0.4, -0.2) is 63.3 Å². The van der Waals surface area contributed by atoms with Gasteiger partial charge >= 0.3 is 0 Å².